The third-order valence-electron chi connectivity index (χ3n) is 3.32. The number of aliphatic hydroxyl groups excluding tert-OH is 1. The zero-order valence-electron chi connectivity index (χ0n) is 11.0. The Morgan fingerprint density at radius 2 is 2.35 bits per heavy atom. The molecule has 0 saturated heterocycles. The van der Waals surface area contributed by atoms with Crippen LogP contribution >= 0.6 is 0 Å². The monoisotopic (exact) mass is 241 g/mol. The number of nitrogens with one attached hydrogen (secondary N) is 1. The normalized spacial score (nSPS) is 26.7. The maximum Gasteiger partial charge on any atom is 0.0897 e. The second-order valence-electron chi connectivity index (χ2n) is 5.16. The SMILES string of the molecule is C=CCCNCC(O)COC1CCCC(C)C1. The van der Waals surface area contributed by atoms with Gasteiger partial charge in [-0.25, -0.2) is 0 Å². The van der Waals surface area contributed by atoms with Gasteiger partial charge < -0.3 is 15.2 Å². The van der Waals surface area contributed by atoms with E-state index in [-0.39, 0.29) is 0 Å². The third kappa shape index (κ3) is 6.81. The van der Waals surface area contributed by atoms with Gasteiger partial charge in [-0.05, 0) is 31.7 Å². The summed E-state index contributed by atoms with van der Waals surface area (Å²) in [6, 6.07) is 0. The van der Waals surface area contributed by atoms with Crippen molar-refractivity contribution in [1.29, 1.82) is 0 Å². The summed E-state index contributed by atoms with van der Waals surface area (Å²) in [5.74, 6) is 0.775. The molecule has 1 fully saturated rings. The molecule has 0 aliphatic heterocycles. The lowest BCUT2D eigenvalue weighted by Gasteiger charge is -2.27. The fourth-order valence-corrected chi connectivity index (χ4v) is 2.31. The molecule has 100 valence electrons. The van der Waals surface area contributed by atoms with E-state index < -0.39 is 6.10 Å². The highest BCUT2D eigenvalue weighted by molar-refractivity contribution is 4.72. The lowest BCUT2D eigenvalue weighted by molar-refractivity contribution is -0.0305. The Morgan fingerprint density at radius 3 is 3.06 bits per heavy atom. The Balaban J connectivity index is 2.02. The van der Waals surface area contributed by atoms with Gasteiger partial charge in [0.2, 0.25) is 0 Å². The molecule has 3 nitrogen and oxygen atoms in total. The Labute approximate surface area is 105 Å². The molecule has 0 bridgehead atoms. The molecule has 2 N–H and O–H groups in total. The largest absolute Gasteiger partial charge is 0.389 e. The standard InChI is InChI=1S/C14H27NO2/c1-3-4-8-15-10-13(16)11-17-14-7-5-6-12(2)9-14/h3,12-16H,1,4-11H2,2H3. The first-order valence-electron chi connectivity index (χ1n) is 6.83. The van der Waals surface area contributed by atoms with Crippen molar-refractivity contribution in [3.63, 3.8) is 0 Å². The third-order valence-corrected chi connectivity index (χ3v) is 3.32. The van der Waals surface area contributed by atoms with Gasteiger partial charge in [-0.1, -0.05) is 25.8 Å². The molecule has 0 amide bonds. The predicted molar refractivity (Wildman–Crippen MR) is 71.1 cm³/mol. The van der Waals surface area contributed by atoms with Crippen LogP contribution in [0.15, 0.2) is 12.7 Å². The molecule has 0 spiro atoms. The van der Waals surface area contributed by atoms with E-state index >= 15 is 0 Å². The van der Waals surface area contributed by atoms with Crippen LogP contribution < -0.4 is 5.32 Å². The van der Waals surface area contributed by atoms with Gasteiger partial charge in [-0.15, -0.1) is 6.58 Å². The van der Waals surface area contributed by atoms with E-state index in [9.17, 15) is 5.11 Å². The number of aliphatic hydroxyl groups is 1. The Bertz CT molecular complexity index is 208. The smallest absolute Gasteiger partial charge is 0.0897 e. The van der Waals surface area contributed by atoms with Gasteiger partial charge in [0.15, 0.2) is 0 Å². The molecular formula is C14H27NO2. The van der Waals surface area contributed by atoms with Gasteiger partial charge in [0.1, 0.15) is 0 Å². The first-order valence-corrected chi connectivity index (χ1v) is 6.83. The molecule has 1 aliphatic carbocycles. The summed E-state index contributed by atoms with van der Waals surface area (Å²) in [6.07, 6.45) is 7.67. The van der Waals surface area contributed by atoms with E-state index in [1.54, 1.807) is 0 Å². The van der Waals surface area contributed by atoms with Crippen LogP contribution in [0.25, 0.3) is 0 Å². The summed E-state index contributed by atoms with van der Waals surface area (Å²) in [6.45, 7) is 7.88. The molecule has 1 aliphatic rings. The summed E-state index contributed by atoms with van der Waals surface area (Å²) < 4.78 is 5.76. The van der Waals surface area contributed by atoms with E-state index in [4.69, 9.17) is 4.74 Å². The molecule has 0 aromatic carbocycles. The van der Waals surface area contributed by atoms with Crippen molar-refractivity contribution in [2.75, 3.05) is 19.7 Å². The number of ether oxygens (including phenoxy) is 1. The van der Waals surface area contributed by atoms with Crippen LogP contribution in [0.1, 0.15) is 39.0 Å². The van der Waals surface area contributed by atoms with Gasteiger partial charge in [-0.3, -0.25) is 0 Å². The average molecular weight is 241 g/mol. The highest BCUT2D eigenvalue weighted by atomic mass is 16.5. The minimum Gasteiger partial charge on any atom is -0.389 e. The van der Waals surface area contributed by atoms with E-state index in [0.717, 1.165) is 31.7 Å². The van der Waals surface area contributed by atoms with Crippen molar-refractivity contribution in [3.8, 4) is 0 Å². The highest BCUT2D eigenvalue weighted by Gasteiger charge is 2.20. The first-order chi connectivity index (χ1) is 8.22. The quantitative estimate of drug-likeness (QED) is 0.505. The fraction of sp³-hybridized carbons (Fsp3) is 0.857. The molecule has 1 saturated carbocycles. The maximum atomic E-state index is 9.73. The van der Waals surface area contributed by atoms with Crippen molar-refractivity contribution in [1.82, 2.24) is 5.32 Å². The minimum atomic E-state index is -0.392. The zero-order chi connectivity index (χ0) is 12.5. The van der Waals surface area contributed by atoms with Crippen LogP contribution in [0.2, 0.25) is 0 Å². The van der Waals surface area contributed by atoms with Gasteiger partial charge in [-0.2, -0.15) is 0 Å². The highest BCUT2D eigenvalue weighted by Crippen LogP contribution is 2.25. The Kier molecular flexibility index (Phi) is 7.49. The first kappa shape index (κ1) is 14.7. The van der Waals surface area contributed by atoms with E-state index in [1.807, 2.05) is 6.08 Å². The summed E-state index contributed by atoms with van der Waals surface area (Å²) in [7, 11) is 0. The zero-order valence-corrected chi connectivity index (χ0v) is 11.0. The molecule has 1 rings (SSSR count). The number of hydrogen-bond donors (Lipinski definition) is 2. The molecule has 0 heterocycles. The molecule has 0 radical (unpaired) electrons. The molecular weight excluding hydrogens is 214 g/mol. The fourth-order valence-electron chi connectivity index (χ4n) is 2.31. The second kappa shape index (κ2) is 8.67. The van der Waals surface area contributed by atoms with Gasteiger partial charge in [0, 0.05) is 6.54 Å². The molecule has 0 aromatic rings. The van der Waals surface area contributed by atoms with E-state index in [0.29, 0.717) is 19.3 Å². The van der Waals surface area contributed by atoms with Crippen LogP contribution in [0.5, 0.6) is 0 Å². The topological polar surface area (TPSA) is 41.5 Å². The minimum absolute atomic E-state index is 0.363. The van der Waals surface area contributed by atoms with Crippen molar-refractivity contribution < 1.29 is 9.84 Å². The van der Waals surface area contributed by atoms with Crippen molar-refractivity contribution in [3.05, 3.63) is 12.7 Å². The lowest BCUT2D eigenvalue weighted by Crippen LogP contribution is -2.33. The van der Waals surface area contributed by atoms with Gasteiger partial charge in [0.25, 0.3) is 0 Å². The summed E-state index contributed by atoms with van der Waals surface area (Å²) in [4.78, 5) is 0. The molecule has 3 atom stereocenters. The summed E-state index contributed by atoms with van der Waals surface area (Å²) in [5.41, 5.74) is 0. The van der Waals surface area contributed by atoms with Gasteiger partial charge >= 0.3 is 0 Å². The summed E-state index contributed by atoms with van der Waals surface area (Å²) >= 11 is 0. The molecule has 17 heavy (non-hydrogen) atoms. The lowest BCUT2D eigenvalue weighted by atomic mass is 9.89. The van der Waals surface area contributed by atoms with E-state index in [1.165, 1.54) is 12.8 Å². The maximum absolute atomic E-state index is 9.73. The number of hydrogen-bond acceptors (Lipinski definition) is 3. The van der Waals surface area contributed by atoms with Crippen molar-refractivity contribution in [2.45, 2.75) is 51.2 Å². The van der Waals surface area contributed by atoms with Crippen LogP contribution in [0.3, 0.4) is 0 Å². The Morgan fingerprint density at radius 1 is 1.53 bits per heavy atom. The van der Waals surface area contributed by atoms with Crippen molar-refractivity contribution in [2.24, 2.45) is 5.92 Å². The van der Waals surface area contributed by atoms with E-state index in [2.05, 4.69) is 18.8 Å². The van der Waals surface area contributed by atoms with Crippen LogP contribution in [-0.4, -0.2) is 37.0 Å². The predicted octanol–water partition coefficient (Wildman–Crippen LogP) is 2.11. The molecule has 3 unspecified atom stereocenters. The van der Waals surface area contributed by atoms with Crippen LogP contribution in [0, 0.1) is 5.92 Å². The second-order valence-corrected chi connectivity index (χ2v) is 5.16. The van der Waals surface area contributed by atoms with Crippen LogP contribution in [0.4, 0.5) is 0 Å². The summed E-state index contributed by atoms with van der Waals surface area (Å²) in [5, 5.41) is 12.9. The molecule has 0 aromatic heterocycles. The van der Waals surface area contributed by atoms with Crippen molar-refractivity contribution >= 4 is 0 Å². The number of rotatable bonds is 8. The molecule has 3 heteroatoms. The van der Waals surface area contributed by atoms with Crippen LogP contribution in [-0.2, 0) is 4.74 Å². The van der Waals surface area contributed by atoms with Gasteiger partial charge in [0.05, 0.1) is 18.8 Å². The average Bonchev–Trinajstić information content (AvgIpc) is 2.32. The Hall–Kier alpha value is -0.380.